The third-order valence-electron chi connectivity index (χ3n) is 3.71. The van der Waals surface area contributed by atoms with Crippen LogP contribution in [0.5, 0.6) is 0 Å². The molecule has 1 aromatic carbocycles. The maximum absolute atomic E-state index is 12.3. The van der Waals surface area contributed by atoms with Gasteiger partial charge in [-0.3, -0.25) is 4.79 Å². The van der Waals surface area contributed by atoms with Crippen molar-refractivity contribution in [3.05, 3.63) is 53.5 Å². The number of thioether (sulfide) groups is 1. The van der Waals surface area contributed by atoms with Crippen LogP contribution in [0.3, 0.4) is 0 Å². The van der Waals surface area contributed by atoms with E-state index in [1.807, 2.05) is 18.2 Å². The minimum Gasteiger partial charge on any atom is -0.478 e. The summed E-state index contributed by atoms with van der Waals surface area (Å²) in [6, 6.07) is 8.77. The van der Waals surface area contributed by atoms with Crippen molar-refractivity contribution in [3.63, 3.8) is 0 Å². The number of nitrogens with one attached hydrogen (secondary N) is 1. The fraction of sp³-hybridized carbons (Fsp3) is 0.294. The van der Waals surface area contributed by atoms with Gasteiger partial charge in [-0.2, -0.15) is 0 Å². The highest BCUT2D eigenvalue weighted by atomic mass is 32.2. The van der Waals surface area contributed by atoms with Gasteiger partial charge in [-0.15, -0.1) is 11.8 Å². The monoisotopic (exact) mass is 331 g/mol. The van der Waals surface area contributed by atoms with E-state index >= 15 is 0 Å². The van der Waals surface area contributed by atoms with E-state index in [0.29, 0.717) is 23.0 Å². The smallest absolute Gasteiger partial charge is 0.339 e. The SMILES string of the molecule is O=C(NCC1CC1)c1ccccc1SCc1occc1C(=O)O. The quantitative estimate of drug-likeness (QED) is 0.760. The van der Waals surface area contributed by atoms with Crippen molar-refractivity contribution >= 4 is 23.6 Å². The second kappa shape index (κ2) is 6.91. The summed E-state index contributed by atoms with van der Waals surface area (Å²) in [6.45, 7) is 0.721. The molecule has 0 saturated heterocycles. The number of carbonyl (C=O) groups excluding carboxylic acids is 1. The molecule has 1 fully saturated rings. The van der Waals surface area contributed by atoms with Gasteiger partial charge in [0.15, 0.2) is 0 Å². The van der Waals surface area contributed by atoms with Gasteiger partial charge in [0.1, 0.15) is 11.3 Å². The molecule has 0 unspecified atom stereocenters. The van der Waals surface area contributed by atoms with Crippen molar-refractivity contribution in [1.82, 2.24) is 5.32 Å². The first kappa shape index (κ1) is 15.7. The molecule has 0 atom stereocenters. The maximum Gasteiger partial charge on any atom is 0.339 e. The number of carboxylic acids is 1. The van der Waals surface area contributed by atoms with Crippen molar-refractivity contribution in [2.75, 3.05) is 6.54 Å². The molecule has 0 spiro atoms. The molecule has 2 N–H and O–H groups in total. The van der Waals surface area contributed by atoms with E-state index in [-0.39, 0.29) is 11.5 Å². The van der Waals surface area contributed by atoms with Gasteiger partial charge in [-0.05, 0) is 37.0 Å². The Morgan fingerprint density at radius 2 is 2.00 bits per heavy atom. The zero-order valence-electron chi connectivity index (χ0n) is 12.5. The fourth-order valence-corrected chi connectivity index (χ4v) is 3.22. The van der Waals surface area contributed by atoms with Crippen LogP contribution in [0.25, 0.3) is 0 Å². The molecule has 1 amide bonds. The lowest BCUT2D eigenvalue weighted by atomic mass is 10.2. The largest absolute Gasteiger partial charge is 0.478 e. The lowest BCUT2D eigenvalue weighted by molar-refractivity contribution is 0.0694. The summed E-state index contributed by atoms with van der Waals surface area (Å²) in [4.78, 5) is 24.2. The van der Waals surface area contributed by atoms with Crippen molar-refractivity contribution < 1.29 is 19.1 Å². The molecule has 0 radical (unpaired) electrons. The normalized spacial score (nSPS) is 13.7. The Labute approximate surface area is 138 Å². The van der Waals surface area contributed by atoms with E-state index in [4.69, 9.17) is 9.52 Å². The standard InChI is InChI=1S/C17H17NO4S/c19-16(18-9-11-5-6-11)13-3-1-2-4-15(13)23-10-14-12(17(20)21)7-8-22-14/h1-4,7-8,11H,5-6,9-10H2,(H,18,19)(H,20,21). The predicted octanol–water partition coefficient (Wildman–Crippen LogP) is 3.41. The third kappa shape index (κ3) is 3.96. The molecule has 1 aliphatic carbocycles. The van der Waals surface area contributed by atoms with E-state index in [0.717, 1.165) is 11.4 Å². The van der Waals surface area contributed by atoms with Gasteiger partial charge in [0.2, 0.25) is 0 Å². The number of hydrogen-bond acceptors (Lipinski definition) is 4. The van der Waals surface area contributed by atoms with Crippen LogP contribution in [0.2, 0.25) is 0 Å². The molecule has 0 bridgehead atoms. The summed E-state index contributed by atoms with van der Waals surface area (Å²) < 4.78 is 5.23. The van der Waals surface area contributed by atoms with E-state index in [1.54, 1.807) is 6.07 Å². The summed E-state index contributed by atoms with van der Waals surface area (Å²) in [7, 11) is 0. The number of carbonyl (C=O) groups is 2. The Kier molecular flexibility index (Phi) is 4.71. The Bertz CT molecular complexity index is 721. The zero-order valence-corrected chi connectivity index (χ0v) is 13.3. The summed E-state index contributed by atoms with van der Waals surface area (Å²) in [5.74, 6) is 0.292. The highest BCUT2D eigenvalue weighted by molar-refractivity contribution is 7.98. The lowest BCUT2D eigenvalue weighted by Gasteiger charge is -2.09. The van der Waals surface area contributed by atoms with Crippen LogP contribution in [0.4, 0.5) is 0 Å². The van der Waals surface area contributed by atoms with Gasteiger partial charge in [-0.25, -0.2) is 4.79 Å². The molecule has 1 saturated carbocycles. The topological polar surface area (TPSA) is 79.5 Å². The summed E-state index contributed by atoms with van der Waals surface area (Å²) >= 11 is 1.40. The first-order chi connectivity index (χ1) is 11.1. The molecule has 3 rings (SSSR count). The number of rotatable bonds is 7. The Hall–Kier alpha value is -2.21. The van der Waals surface area contributed by atoms with Crippen LogP contribution in [0.1, 0.15) is 39.3 Å². The summed E-state index contributed by atoms with van der Waals surface area (Å²) in [5.41, 5.74) is 0.773. The second-order valence-corrected chi connectivity index (χ2v) is 6.52. The number of carboxylic acid groups (broad SMARTS) is 1. The first-order valence-electron chi connectivity index (χ1n) is 7.45. The minimum atomic E-state index is -1.01. The molecule has 2 aromatic rings. The molecule has 1 heterocycles. The summed E-state index contributed by atoms with van der Waals surface area (Å²) in [5, 5.41) is 12.0. The molecule has 5 nitrogen and oxygen atoms in total. The van der Waals surface area contributed by atoms with Crippen molar-refractivity contribution in [2.24, 2.45) is 5.92 Å². The number of benzene rings is 1. The Morgan fingerprint density at radius 1 is 1.22 bits per heavy atom. The predicted molar refractivity (Wildman–Crippen MR) is 86.7 cm³/mol. The average molecular weight is 331 g/mol. The van der Waals surface area contributed by atoms with Gasteiger partial charge >= 0.3 is 5.97 Å². The first-order valence-corrected chi connectivity index (χ1v) is 8.43. The number of hydrogen-bond donors (Lipinski definition) is 2. The highest BCUT2D eigenvalue weighted by Gasteiger charge is 2.22. The van der Waals surface area contributed by atoms with E-state index in [9.17, 15) is 9.59 Å². The molecule has 1 aromatic heterocycles. The van der Waals surface area contributed by atoms with Crippen LogP contribution in [0, 0.1) is 5.92 Å². The van der Waals surface area contributed by atoms with E-state index < -0.39 is 5.97 Å². The van der Waals surface area contributed by atoms with Crippen molar-refractivity contribution in [2.45, 2.75) is 23.5 Å². The Morgan fingerprint density at radius 3 is 2.74 bits per heavy atom. The van der Waals surface area contributed by atoms with Crippen LogP contribution >= 0.6 is 11.8 Å². The van der Waals surface area contributed by atoms with Gasteiger partial charge < -0.3 is 14.8 Å². The molecule has 120 valence electrons. The van der Waals surface area contributed by atoms with E-state index in [2.05, 4.69) is 5.32 Å². The van der Waals surface area contributed by atoms with Crippen LogP contribution in [-0.4, -0.2) is 23.5 Å². The van der Waals surface area contributed by atoms with Gasteiger partial charge in [-0.1, -0.05) is 12.1 Å². The fourth-order valence-electron chi connectivity index (χ4n) is 2.22. The molecular formula is C17H17NO4S. The van der Waals surface area contributed by atoms with Crippen LogP contribution in [-0.2, 0) is 5.75 Å². The van der Waals surface area contributed by atoms with Crippen LogP contribution < -0.4 is 5.32 Å². The molecule has 6 heteroatoms. The molecule has 1 aliphatic rings. The second-order valence-electron chi connectivity index (χ2n) is 5.50. The van der Waals surface area contributed by atoms with Gasteiger partial charge in [0.25, 0.3) is 5.91 Å². The minimum absolute atomic E-state index is 0.0853. The van der Waals surface area contributed by atoms with Crippen LogP contribution in [0.15, 0.2) is 45.9 Å². The number of aromatic carboxylic acids is 1. The van der Waals surface area contributed by atoms with Crippen molar-refractivity contribution in [3.8, 4) is 0 Å². The van der Waals surface area contributed by atoms with Gasteiger partial charge in [0.05, 0.1) is 17.6 Å². The van der Waals surface area contributed by atoms with E-state index in [1.165, 1.54) is 36.9 Å². The zero-order chi connectivity index (χ0) is 16.2. The number of amides is 1. The molecular weight excluding hydrogens is 314 g/mol. The summed E-state index contributed by atoms with van der Waals surface area (Å²) in [6.07, 6.45) is 3.74. The van der Waals surface area contributed by atoms with Crippen molar-refractivity contribution in [1.29, 1.82) is 0 Å². The molecule has 23 heavy (non-hydrogen) atoms. The number of furan rings is 1. The Balaban J connectivity index is 1.68. The average Bonchev–Trinajstić information content (AvgIpc) is 3.26. The van der Waals surface area contributed by atoms with Gasteiger partial charge in [0, 0.05) is 11.4 Å². The lowest BCUT2D eigenvalue weighted by Crippen LogP contribution is -2.25. The molecule has 0 aliphatic heterocycles. The highest BCUT2D eigenvalue weighted by Crippen LogP contribution is 2.29. The maximum atomic E-state index is 12.3. The third-order valence-corrected chi connectivity index (χ3v) is 4.79.